The van der Waals surface area contributed by atoms with Crippen molar-refractivity contribution in [3.05, 3.63) is 108 Å². The van der Waals surface area contributed by atoms with Gasteiger partial charge in [0.2, 0.25) is 5.78 Å². The van der Waals surface area contributed by atoms with Crippen LogP contribution >= 0.6 is 0 Å². The smallest absolute Gasteiger partial charge is 0.405 e. The molecule has 0 amide bonds. The maximum Gasteiger partial charge on any atom is 0.573 e. The van der Waals surface area contributed by atoms with E-state index in [0.29, 0.717) is 22.3 Å². The molecule has 3 aromatic heterocycles. The molecule has 5 aromatic rings. The summed E-state index contributed by atoms with van der Waals surface area (Å²) in [4.78, 5) is 17.5. The van der Waals surface area contributed by atoms with Crippen LogP contribution in [-0.2, 0) is 0 Å². The van der Waals surface area contributed by atoms with Crippen molar-refractivity contribution in [1.29, 1.82) is 0 Å². The Balaban J connectivity index is 1.73. The Kier molecular flexibility index (Phi) is 5.52. The van der Waals surface area contributed by atoms with Gasteiger partial charge in [-0.2, -0.15) is 5.10 Å². The number of hydrogen-bond donors (Lipinski definition) is 0. The van der Waals surface area contributed by atoms with Crippen LogP contribution < -0.4 is 4.74 Å². The fourth-order valence-electron chi connectivity index (χ4n) is 3.86. The lowest BCUT2D eigenvalue weighted by Crippen LogP contribution is -2.19. The highest BCUT2D eigenvalue weighted by molar-refractivity contribution is 6.10. The summed E-state index contributed by atoms with van der Waals surface area (Å²) in [6.07, 6.45) is -1.75. The van der Waals surface area contributed by atoms with Gasteiger partial charge >= 0.3 is 6.36 Å². The topological polar surface area (TPSA) is 56.5 Å². The van der Waals surface area contributed by atoms with E-state index in [1.165, 1.54) is 40.9 Å². The molecule has 5 rings (SSSR count). The van der Waals surface area contributed by atoms with Gasteiger partial charge in [0.05, 0.1) is 11.1 Å². The fourth-order valence-corrected chi connectivity index (χ4v) is 3.86. The first kappa shape index (κ1) is 22.3. The molecule has 0 aliphatic heterocycles. The summed E-state index contributed by atoms with van der Waals surface area (Å²) in [6.45, 7) is 0. The Hall–Kier alpha value is -4.53. The molecule has 0 N–H and O–H groups in total. The van der Waals surface area contributed by atoms with Gasteiger partial charge in [0, 0.05) is 23.5 Å². The first-order valence-electron chi connectivity index (χ1n) is 10.4. The molecular weight excluding hydrogens is 462 g/mol. The van der Waals surface area contributed by atoms with Crippen LogP contribution in [-0.4, -0.2) is 26.7 Å². The first-order valence-corrected chi connectivity index (χ1v) is 10.4. The molecule has 0 saturated carbocycles. The van der Waals surface area contributed by atoms with Crippen LogP contribution in [0.2, 0.25) is 0 Å². The molecule has 2 aromatic carbocycles. The molecule has 0 radical (unpaired) electrons. The second kappa shape index (κ2) is 8.68. The quantitative estimate of drug-likeness (QED) is 0.219. The Morgan fingerprint density at radius 1 is 0.829 bits per heavy atom. The molecule has 0 unspecified atom stereocenters. The third-order valence-corrected chi connectivity index (χ3v) is 5.33. The van der Waals surface area contributed by atoms with Gasteiger partial charge in [-0.15, -0.1) is 13.2 Å². The average Bonchev–Trinajstić information content (AvgIpc) is 3.24. The van der Waals surface area contributed by atoms with Gasteiger partial charge < -0.3 is 4.74 Å². The summed E-state index contributed by atoms with van der Waals surface area (Å²) in [5, 5.41) is 4.63. The average molecular weight is 477 g/mol. The number of ketones is 1. The Morgan fingerprint density at radius 2 is 1.54 bits per heavy atom. The highest BCUT2D eigenvalue weighted by Gasteiger charge is 2.33. The number of para-hydroxylation sites is 1. The number of carbonyl (C=O) groups excluding carboxylic acids is 1. The molecule has 174 valence electrons. The number of benzene rings is 2. The molecular formula is C26H15F4N3O2. The summed E-state index contributed by atoms with van der Waals surface area (Å²) < 4.78 is 57.8. The molecule has 0 fully saturated rings. The van der Waals surface area contributed by atoms with Crippen LogP contribution in [0.4, 0.5) is 17.6 Å². The molecule has 0 aliphatic rings. The zero-order valence-corrected chi connectivity index (χ0v) is 17.8. The van der Waals surface area contributed by atoms with E-state index in [1.807, 2.05) is 0 Å². The van der Waals surface area contributed by atoms with E-state index >= 15 is 0 Å². The number of rotatable bonds is 5. The predicted molar refractivity (Wildman–Crippen MR) is 120 cm³/mol. The zero-order valence-electron chi connectivity index (χ0n) is 17.8. The Bertz CT molecular complexity index is 1530. The number of ether oxygens (including phenoxy) is 1. The number of carbonyl (C=O) groups is 1. The minimum Gasteiger partial charge on any atom is -0.405 e. The van der Waals surface area contributed by atoms with Crippen LogP contribution in [0.1, 0.15) is 16.1 Å². The van der Waals surface area contributed by atoms with E-state index < -0.39 is 23.7 Å². The third kappa shape index (κ3) is 4.35. The molecule has 0 spiro atoms. The number of aromatic nitrogens is 3. The van der Waals surface area contributed by atoms with Gasteiger partial charge in [-0.3, -0.25) is 9.78 Å². The van der Waals surface area contributed by atoms with Crippen LogP contribution in [0, 0.1) is 5.82 Å². The minimum atomic E-state index is -4.96. The number of alkyl halides is 3. The van der Waals surface area contributed by atoms with Crippen LogP contribution in [0.3, 0.4) is 0 Å². The van der Waals surface area contributed by atoms with Crippen molar-refractivity contribution in [2.75, 3.05) is 0 Å². The van der Waals surface area contributed by atoms with E-state index in [-0.39, 0.29) is 11.3 Å². The summed E-state index contributed by atoms with van der Waals surface area (Å²) in [5.74, 6) is -1.73. The van der Waals surface area contributed by atoms with Crippen molar-refractivity contribution in [3.8, 4) is 28.1 Å². The molecule has 0 atom stereocenters. The molecule has 3 heterocycles. The molecule has 0 aliphatic carbocycles. The second-order valence-corrected chi connectivity index (χ2v) is 7.55. The zero-order chi connectivity index (χ0) is 24.6. The number of nitrogens with zero attached hydrogens (tertiary/aromatic N) is 3. The largest absolute Gasteiger partial charge is 0.573 e. The molecule has 9 heteroatoms. The van der Waals surface area contributed by atoms with E-state index in [0.717, 1.165) is 11.6 Å². The lowest BCUT2D eigenvalue weighted by atomic mass is 10.0. The van der Waals surface area contributed by atoms with Crippen molar-refractivity contribution < 1.29 is 27.1 Å². The van der Waals surface area contributed by atoms with E-state index in [9.17, 15) is 22.4 Å². The van der Waals surface area contributed by atoms with Crippen molar-refractivity contribution in [3.63, 3.8) is 0 Å². The van der Waals surface area contributed by atoms with Crippen LogP contribution in [0.25, 0.3) is 27.9 Å². The van der Waals surface area contributed by atoms with Gasteiger partial charge in [0.15, 0.2) is 0 Å². The summed E-state index contributed by atoms with van der Waals surface area (Å²) in [5.41, 5.74) is 2.78. The Labute approximate surface area is 196 Å². The molecule has 0 bridgehead atoms. The van der Waals surface area contributed by atoms with Gasteiger partial charge in [0.25, 0.3) is 0 Å². The third-order valence-electron chi connectivity index (χ3n) is 5.33. The van der Waals surface area contributed by atoms with Gasteiger partial charge in [-0.05, 0) is 66.2 Å². The minimum absolute atomic E-state index is 0.0318. The van der Waals surface area contributed by atoms with Crippen LogP contribution in [0.15, 0.2) is 91.3 Å². The lowest BCUT2D eigenvalue weighted by molar-refractivity contribution is -0.274. The summed E-state index contributed by atoms with van der Waals surface area (Å²) >= 11 is 0. The maximum absolute atomic E-state index is 13.6. The van der Waals surface area contributed by atoms with Crippen molar-refractivity contribution in [2.45, 2.75) is 6.36 Å². The van der Waals surface area contributed by atoms with Crippen LogP contribution in [0.5, 0.6) is 5.75 Å². The fraction of sp³-hybridized carbons (Fsp3) is 0.0385. The van der Waals surface area contributed by atoms with Gasteiger partial charge in [0.1, 0.15) is 23.0 Å². The van der Waals surface area contributed by atoms with E-state index in [1.54, 1.807) is 48.8 Å². The maximum atomic E-state index is 13.6. The number of hydrogen-bond acceptors (Lipinski definition) is 4. The van der Waals surface area contributed by atoms with Crippen molar-refractivity contribution in [2.24, 2.45) is 0 Å². The van der Waals surface area contributed by atoms with Crippen molar-refractivity contribution >= 4 is 11.3 Å². The number of fused-ring (bicyclic) bond motifs is 1. The normalized spacial score (nSPS) is 11.5. The van der Waals surface area contributed by atoms with Crippen molar-refractivity contribution in [1.82, 2.24) is 14.6 Å². The summed E-state index contributed by atoms with van der Waals surface area (Å²) in [6, 6.07) is 19.2. The molecule has 0 saturated heterocycles. The van der Waals surface area contributed by atoms with Gasteiger partial charge in [-0.1, -0.05) is 18.2 Å². The monoisotopic (exact) mass is 477 g/mol. The van der Waals surface area contributed by atoms with E-state index in [2.05, 4.69) is 14.8 Å². The SMILES string of the molecule is O=C(c1ccccc1OC(F)(F)F)c1cccc2c(-c3ccncc3)c(-c3ccc(F)cc3)nn12. The molecule has 5 nitrogen and oxygen atoms in total. The van der Waals surface area contributed by atoms with E-state index in [4.69, 9.17) is 0 Å². The standard InChI is InChI=1S/C26H15F4N3O2/c27-18-10-8-17(9-11-18)24-23(16-12-14-31-15-13-16)20-5-3-6-21(33(20)32-24)25(34)19-4-1-2-7-22(19)35-26(28,29)30/h1-15H. The highest BCUT2D eigenvalue weighted by Crippen LogP contribution is 2.36. The number of pyridine rings is 2. The Morgan fingerprint density at radius 3 is 2.26 bits per heavy atom. The van der Waals surface area contributed by atoms with Gasteiger partial charge in [-0.25, -0.2) is 8.91 Å². The molecule has 35 heavy (non-hydrogen) atoms. The summed E-state index contributed by atoms with van der Waals surface area (Å²) in [7, 11) is 0. The highest BCUT2D eigenvalue weighted by atomic mass is 19.4. The number of halogens is 4. The first-order chi connectivity index (χ1) is 16.8. The second-order valence-electron chi connectivity index (χ2n) is 7.55. The predicted octanol–water partition coefficient (Wildman–Crippen LogP) is 6.33. The lowest BCUT2D eigenvalue weighted by Gasteiger charge is -2.13.